The van der Waals surface area contributed by atoms with Crippen LogP contribution in [-0.2, 0) is 22.6 Å². The van der Waals surface area contributed by atoms with E-state index in [2.05, 4.69) is 5.32 Å². The minimum absolute atomic E-state index is 0.151. The molecule has 0 bridgehead atoms. The molecule has 1 aliphatic heterocycles. The summed E-state index contributed by atoms with van der Waals surface area (Å²) in [6.07, 6.45) is -4.68. The summed E-state index contributed by atoms with van der Waals surface area (Å²) in [6.45, 7) is -0.222. The summed E-state index contributed by atoms with van der Waals surface area (Å²) in [4.78, 5) is 21.7. The highest BCUT2D eigenvalue weighted by Gasteiger charge is 2.38. The number of anilines is 1. The van der Waals surface area contributed by atoms with E-state index in [9.17, 15) is 22.8 Å². The molecule has 0 aromatic heterocycles. The summed E-state index contributed by atoms with van der Waals surface area (Å²) in [5.41, 5.74) is 1.90. The maximum atomic E-state index is 12.0. The molecular weight excluding hydrogens is 249 g/mol. The van der Waals surface area contributed by atoms with Crippen molar-refractivity contribution in [3.8, 4) is 0 Å². The van der Waals surface area contributed by atoms with E-state index in [0.717, 1.165) is 5.56 Å². The highest BCUT2D eigenvalue weighted by atomic mass is 19.4. The van der Waals surface area contributed by atoms with Crippen LogP contribution in [0.1, 0.15) is 11.1 Å². The van der Waals surface area contributed by atoms with Crippen LogP contribution in [0.5, 0.6) is 0 Å². The SMILES string of the molecule is O=C1Cc2cc(CNC(=O)C(F)(F)F)ccc2N1. The van der Waals surface area contributed by atoms with Crippen molar-refractivity contribution in [3.05, 3.63) is 29.3 Å². The first-order valence-corrected chi connectivity index (χ1v) is 5.13. The van der Waals surface area contributed by atoms with E-state index in [1.807, 2.05) is 0 Å². The van der Waals surface area contributed by atoms with Crippen molar-refractivity contribution in [1.82, 2.24) is 5.32 Å². The summed E-state index contributed by atoms with van der Waals surface area (Å²) < 4.78 is 35.9. The quantitative estimate of drug-likeness (QED) is 0.841. The van der Waals surface area contributed by atoms with Gasteiger partial charge in [0.25, 0.3) is 0 Å². The lowest BCUT2D eigenvalue weighted by Gasteiger charge is -2.08. The Balaban J connectivity index is 2.02. The van der Waals surface area contributed by atoms with Crippen LogP contribution >= 0.6 is 0 Å². The largest absolute Gasteiger partial charge is 0.471 e. The van der Waals surface area contributed by atoms with Crippen LogP contribution in [0.25, 0.3) is 0 Å². The number of hydrogen-bond donors (Lipinski definition) is 2. The monoisotopic (exact) mass is 258 g/mol. The van der Waals surface area contributed by atoms with Gasteiger partial charge in [-0.3, -0.25) is 9.59 Å². The molecule has 2 N–H and O–H groups in total. The van der Waals surface area contributed by atoms with Gasteiger partial charge in [0, 0.05) is 12.2 Å². The molecule has 1 aromatic rings. The van der Waals surface area contributed by atoms with Gasteiger partial charge in [0.15, 0.2) is 0 Å². The van der Waals surface area contributed by atoms with Crippen molar-refractivity contribution >= 4 is 17.5 Å². The molecule has 0 saturated heterocycles. The van der Waals surface area contributed by atoms with E-state index in [1.54, 1.807) is 23.5 Å². The van der Waals surface area contributed by atoms with Gasteiger partial charge in [0.2, 0.25) is 5.91 Å². The zero-order valence-electron chi connectivity index (χ0n) is 9.10. The van der Waals surface area contributed by atoms with Gasteiger partial charge in [-0.25, -0.2) is 0 Å². The second-order valence-corrected chi connectivity index (χ2v) is 3.90. The van der Waals surface area contributed by atoms with Crippen LogP contribution in [-0.4, -0.2) is 18.0 Å². The number of hydrogen-bond acceptors (Lipinski definition) is 2. The van der Waals surface area contributed by atoms with Crippen molar-refractivity contribution in [1.29, 1.82) is 0 Å². The fourth-order valence-corrected chi connectivity index (χ4v) is 1.68. The first-order valence-electron chi connectivity index (χ1n) is 5.13. The maximum Gasteiger partial charge on any atom is 0.471 e. The van der Waals surface area contributed by atoms with E-state index >= 15 is 0 Å². The van der Waals surface area contributed by atoms with Crippen LogP contribution in [0.15, 0.2) is 18.2 Å². The zero-order chi connectivity index (χ0) is 13.3. The third-order valence-electron chi connectivity index (χ3n) is 2.51. The third kappa shape index (κ3) is 2.61. The number of rotatable bonds is 2. The van der Waals surface area contributed by atoms with E-state index in [4.69, 9.17) is 0 Å². The molecule has 0 unspecified atom stereocenters. The zero-order valence-corrected chi connectivity index (χ0v) is 9.10. The number of amides is 2. The summed E-state index contributed by atoms with van der Waals surface area (Å²) in [5, 5.41) is 4.38. The number of alkyl halides is 3. The van der Waals surface area contributed by atoms with Gasteiger partial charge < -0.3 is 10.6 Å². The Morgan fingerprint density at radius 1 is 1.39 bits per heavy atom. The average Bonchev–Trinajstić information content (AvgIpc) is 2.63. The molecule has 1 aromatic carbocycles. The summed E-state index contributed by atoms with van der Waals surface area (Å²) in [5.74, 6) is -2.13. The Kier molecular flexibility index (Phi) is 2.98. The number of benzene rings is 1. The summed E-state index contributed by atoms with van der Waals surface area (Å²) >= 11 is 0. The topological polar surface area (TPSA) is 58.2 Å². The molecule has 2 amide bonds. The molecule has 0 atom stereocenters. The van der Waals surface area contributed by atoms with Crippen LogP contribution in [0.2, 0.25) is 0 Å². The second-order valence-electron chi connectivity index (χ2n) is 3.90. The molecule has 0 saturated carbocycles. The van der Waals surface area contributed by atoms with Gasteiger partial charge in [-0.2, -0.15) is 13.2 Å². The van der Waals surface area contributed by atoms with Crippen molar-refractivity contribution in [2.75, 3.05) is 5.32 Å². The van der Waals surface area contributed by atoms with Gasteiger partial charge in [-0.05, 0) is 17.2 Å². The molecule has 0 spiro atoms. The Morgan fingerprint density at radius 2 is 2.11 bits per heavy atom. The lowest BCUT2D eigenvalue weighted by Crippen LogP contribution is -2.36. The Labute approximate surface area is 100 Å². The minimum Gasteiger partial charge on any atom is -0.344 e. The molecule has 0 radical (unpaired) electrons. The minimum atomic E-state index is -4.88. The van der Waals surface area contributed by atoms with E-state index in [0.29, 0.717) is 11.3 Å². The number of carbonyl (C=O) groups is 2. The first-order chi connectivity index (χ1) is 8.36. The van der Waals surface area contributed by atoms with Crippen LogP contribution in [0.4, 0.5) is 18.9 Å². The lowest BCUT2D eigenvalue weighted by molar-refractivity contribution is -0.173. The number of halogens is 3. The summed E-state index contributed by atoms with van der Waals surface area (Å²) in [6, 6.07) is 4.76. The highest BCUT2D eigenvalue weighted by Crippen LogP contribution is 2.24. The normalized spacial score (nSPS) is 14.1. The molecular formula is C11H9F3N2O2. The van der Waals surface area contributed by atoms with Gasteiger partial charge in [0.05, 0.1) is 6.42 Å². The number of carbonyl (C=O) groups excluding carboxylic acids is 2. The average molecular weight is 258 g/mol. The fourth-order valence-electron chi connectivity index (χ4n) is 1.68. The predicted molar refractivity (Wildman–Crippen MR) is 56.7 cm³/mol. The molecule has 1 heterocycles. The van der Waals surface area contributed by atoms with E-state index in [-0.39, 0.29) is 18.9 Å². The first kappa shape index (κ1) is 12.4. The molecule has 0 fully saturated rings. The van der Waals surface area contributed by atoms with E-state index in [1.165, 1.54) is 0 Å². The fraction of sp³-hybridized carbons (Fsp3) is 0.273. The molecule has 1 aliphatic rings. The van der Waals surface area contributed by atoms with Gasteiger partial charge in [-0.1, -0.05) is 12.1 Å². The lowest BCUT2D eigenvalue weighted by atomic mass is 10.1. The van der Waals surface area contributed by atoms with Crippen LogP contribution < -0.4 is 10.6 Å². The second kappa shape index (κ2) is 4.32. The molecule has 7 heteroatoms. The van der Waals surface area contributed by atoms with Gasteiger partial charge in [0.1, 0.15) is 0 Å². The van der Waals surface area contributed by atoms with E-state index < -0.39 is 12.1 Å². The Bertz CT molecular complexity index is 512. The van der Waals surface area contributed by atoms with Crippen molar-refractivity contribution in [2.45, 2.75) is 19.1 Å². The summed E-state index contributed by atoms with van der Waals surface area (Å²) in [7, 11) is 0. The molecule has 2 rings (SSSR count). The maximum absolute atomic E-state index is 12.0. The molecule has 0 aliphatic carbocycles. The third-order valence-corrected chi connectivity index (χ3v) is 2.51. The van der Waals surface area contributed by atoms with Crippen LogP contribution in [0.3, 0.4) is 0 Å². The standard InChI is InChI=1S/C11H9F3N2O2/c12-11(13,14)10(18)15-5-6-1-2-8-7(3-6)4-9(17)16-8/h1-3H,4-5H2,(H,15,18)(H,16,17). The van der Waals surface area contributed by atoms with Crippen LogP contribution in [0, 0.1) is 0 Å². The number of nitrogens with one attached hydrogen (secondary N) is 2. The Morgan fingerprint density at radius 3 is 2.78 bits per heavy atom. The predicted octanol–water partition coefficient (Wildman–Crippen LogP) is 1.36. The van der Waals surface area contributed by atoms with Gasteiger partial charge >= 0.3 is 12.1 Å². The smallest absolute Gasteiger partial charge is 0.344 e. The Hall–Kier alpha value is -2.05. The van der Waals surface area contributed by atoms with Crippen molar-refractivity contribution < 1.29 is 22.8 Å². The molecule has 4 nitrogen and oxygen atoms in total. The molecule has 96 valence electrons. The highest BCUT2D eigenvalue weighted by molar-refractivity contribution is 5.99. The molecule has 18 heavy (non-hydrogen) atoms. The van der Waals surface area contributed by atoms with Gasteiger partial charge in [-0.15, -0.1) is 0 Å². The number of fused-ring (bicyclic) bond motifs is 1. The van der Waals surface area contributed by atoms with Crippen molar-refractivity contribution in [2.24, 2.45) is 0 Å². The van der Waals surface area contributed by atoms with Crippen molar-refractivity contribution in [3.63, 3.8) is 0 Å².